The molecule has 162 valence electrons. The fraction of sp³-hybridized carbons (Fsp3) is 0.429. The number of nitrogens with one attached hydrogen (secondary N) is 3. The fourth-order valence-corrected chi connectivity index (χ4v) is 4.09. The number of hydrogen-bond donors (Lipinski definition) is 4. The Hall–Kier alpha value is -3.24. The van der Waals surface area contributed by atoms with Crippen LogP contribution in [0, 0.1) is 5.41 Å². The number of anilines is 3. The van der Waals surface area contributed by atoms with Crippen LogP contribution in [0.25, 0.3) is 22.5 Å². The summed E-state index contributed by atoms with van der Waals surface area (Å²) in [7, 11) is 0. The fourth-order valence-electron chi connectivity index (χ4n) is 4.09. The van der Waals surface area contributed by atoms with Crippen molar-refractivity contribution in [3.8, 4) is 11.4 Å². The average molecular weight is 422 g/mol. The van der Waals surface area contributed by atoms with E-state index in [1.807, 2.05) is 18.2 Å². The van der Waals surface area contributed by atoms with Gasteiger partial charge in [0, 0.05) is 30.9 Å². The van der Waals surface area contributed by atoms with Gasteiger partial charge in [0.05, 0.1) is 18.8 Å². The van der Waals surface area contributed by atoms with E-state index in [1.165, 1.54) is 6.21 Å². The number of piperidine rings is 1. The Kier molecular flexibility index (Phi) is 5.39. The van der Waals surface area contributed by atoms with Gasteiger partial charge in [0.25, 0.3) is 6.01 Å². The summed E-state index contributed by atoms with van der Waals surface area (Å²) in [4.78, 5) is 16.1. The van der Waals surface area contributed by atoms with Gasteiger partial charge in [-0.05, 0) is 44.1 Å². The van der Waals surface area contributed by atoms with E-state index in [4.69, 9.17) is 30.3 Å². The van der Waals surface area contributed by atoms with Gasteiger partial charge in [-0.25, -0.2) is 9.97 Å². The molecule has 5 rings (SSSR count). The SMILES string of the molecule is N=Cc1c(NC2CCNCC2)nc(-c2ccc3oc(N)nc3c2)nc1N1CCOCC1. The molecule has 0 unspecified atom stereocenters. The van der Waals surface area contributed by atoms with E-state index in [2.05, 4.69) is 20.5 Å². The van der Waals surface area contributed by atoms with E-state index in [1.54, 1.807) is 0 Å². The molecule has 1 aromatic carbocycles. The Morgan fingerprint density at radius 2 is 1.97 bits per heavy atom. The van der Waals surface area contributed by atoms with E-state index in [-0.39, 0.29) is 6.01 Å². The van der Waals surface area contributed by atoms with Gasteiger partial charge in [0.15, 0.2) is 11.4 Å². The molecule has 0 bridgehead atoms. The number of ether oxygens (including phenoxy) is 1. The van der Waals surface area contributed by atoms with Gasteiger partial charge in [0.2, 0.25) is 0 Å². The third kappa shape index (κ3) is 4.04. The van der Waals surface area contributed by atoms with Crippen molar-refractivity contribution in [3.05, 3.63) is 23.8 Å². The molecule has 3 aromatic rings. The molecule has 2 aliphatic rings. The number of rotatable bonds is 5. The van der Waals surface area contributed by atoms with Gasteiger partial charge >= 0.3 is 0 Å². The van der Waals surface area contributed by atoms with Crippen molar-refractivity contribution >= 4 is 35.0 Å². The lowest BCUT2D eigenvalue weighted by atomic mass is 10.1. The average Bonchev–Trinajstić information content (AvgIpc) is 3.19. The molecule has 10 nitrogen and oxygen atoms in total. The van der Waals surface area contributed by atoms with Crippen LogP contribution in [-0.4, -0.2) is 66.6 Å². The Balaban J connectivity index is 1.60. The number of morpholine rings is 1. The summed E-state index contributed by atoms with van der Waals surface area (Å²) in [5.74, 6) is 2.01. The highest BCUT2D eigenvalue weighted by molar-refractivity contribution is 5.92. The van der Waals surface area contributed by atoms with Gasteiger partial charge in [-0.15, -0.1) is 0 Å². The summed E-state index contributed by atoms with van der Waals surface area (Å²) in [6.45, 7) is 4.66. The predicted octanol–water partition coefficient (Wildman–Crippen LogP) is 1.87. The van der Waals surface area contributed by atoms with Gasteiger partial charge in [-0.2, -0.15) is 4.98 Å². The van der Waals surface area contributed by atoms with Crippen molar-refractivity contribution < 1.29 is 9.15 Å². The maximum absolute atomic E-state index is 8.10. The van der Waals surface area contributed by atoms with Gasteiger partial charge in [-0.1, -0.05) is 0 Å². The zero-order valence-corrected chi connectivity index (χ0v) is 17.2. The second-order valence-electron chi connectivity index (χ2n) is 7.78. The normalized spacial score (nSPS) is 17.7. The monoisotopic (exact) mass is 422 g/mol. The smallest absolute Gasteiger partial charge is 0.292 e. The molecule has 10 heteroatoms. The van der Waals surface area contributed by atoms with Crippen LogP contribution < -0.4 is 21.3 Å². The third-order valence-electron chi connectivity index (χ3n) is 5.72. The first kappa shape index (κ1) is 19.7. The minimum Gasteiger partial charge on any atom is -0.424 e. The summed E-state index contributed by atoms with van der Waals surface area (Å²) in [6.07, 6.45) is 3.36. The summed E-state index contributed by atoms with van der Waals surface area (Å²) >= 11 is 0. The van der Waals surface area contributed by atoms with Crippen LogP contribution in [0.5, 0.6) is 0 Å². The van der Waals surface area contributed by atoms with Crippen LogP contribution >= 0.6 is 0 Å². The molecule has 0 aliphatic carbocycles. The van der Waals surface area contributed by atoms with Crippen LogP contribution in [0.2, 0.25) is 0 Å². The molecule has 2 fully saturated rings. The van der Waals surface area contributed by atoms with Crippen molar-refractivity contribution in [1.82, 2.24) is 20.3 Å². The van der Waals surface area contributed by atoms with Gasteiger partial charge < -0.3 is 35.8 Å². The largest absolute Gasteiger partial charge is 0.424 e. The van der Waals surface area contributed by atoms with Gasteiger partial charge in [-0.3, -0.25) is 0 Å². The molecule has 0 atom stereocenters. The number of benzene rings is 1. The van der Waals surface area contributed by atoms with Crippen molar-refractivity contribution in [2.45, 2.75) is 18.9 Å². The number of aromatic nitrogens is 3. The molecule has 0 spiro atoms. The third-order valence-corrected chi connectivity index (χ3v) is 5.72. The lowest BCUT2D eigenvalue weighted by Gasteiger charge is -2.31. The van der Waals surface area contributed by atoms with Crippen molar-refractivity contribution in [2.24, 2.45) is 0 Å². The predicted molar refractivity (Wildman–Crippen MR) is 120 cm³/mol. The van der Waals surface area contributed by atoms with Crippen LogP contribution in [0.3, 0.4) is 0 Å². The number of nitrogen functional groups attached to an aromatic ring is 1. The Bertz CT molecular complexity index is 1090. The zero-order valence-electron chi connectivity index (χ0n) is 17.2. The van der Waals surface area contributed by atoms with E-state index in [0.29, 0.717) is 47.6 Å². The minimum atomic E-state index is 0.134. The number of hydrogen-bond acceptors (Lipinski definition) is 10. The quantitative estimate of drug-likeness (QED) is 0.454. The van der Waals surface area contributed by atoms with Crippen LogP contribution in [0.15, 0.2) is 22.6 Å². The van der Waals surface area contributed by atoms with Crippen molar-refractivity contribution in [2.75, 3.05) is 55.3 Å². The maximum Gasteiger partial charge on any atom is 0.292 e. The molecule has 2 aromatic heterocycles. The molecule has 0 saturated carbocycles. The molecule has 31 heavy (non-hydrogen) atoms. The van der Waals surface area contributed by atoms with E-state index in [9.17, 15) is 0 Å². The Labute approximate surface area is 179 Å². The maximum atomic E-state index is 8.10. The topological polar surface area (TPSA) is 138 Å². The molecular weight excluding hydrogens is 396 g/mol. The lowest BCUT2D eigenvalue weighted by Crippen LogP contribution is -2.38. The number of fused-ring (bicyclic) bond motifs is 1. The molecular formula is C21H26N8O2. The zero-order chi connectivity index (χ0) is 21.2. The second kappa shape index (κ2) is 8.48. The molecule has 5 N–H and O–H groups in total. The first-order chi connectivity index (χ1) is 15.2. The first-order valence-corrected chi connectivity index (χ1v) is 10.6. The van der Waals surface area contributed by atoms with E-state index in [0.717, 1.165) is 50.4 Å². The summed E-state index contributed by atoms with van der Waals surface area (Å²) in [5, 5.41) is 15.1. The van der Waals surface area contributed by atoms with Crippen LogP contribution in [-0.2, 0) is 4.74 Å². The summed E-state index contributed by atoms with van der Waals surface area (Å²) in [5.41, 5.74) is 8.51. The van der Waals surface area contributed by atoms with Crippen molar-refractivity contribution in [3.63, 3.8) is 0 Å². The second-order valence-corrected chi connectivity index (χ2v) is 7.78. The number of nitrogens with zero attached hydrogens (tertiary/aromatic N) is 4. The molecule has 2 aliphatic heterocycles. The standard InChI is InChI=1S/C21H26N8O2/c22-12-15-19(25-14-3-5-24-6-4-14)27-18(28-20(15)29-7-9-30-10-8-29)13-1-2-17-16(11-13)26-21(23)31-17/h1-2,11-12,14,22,24H,3-10H2,(H2,23,26)(H,25,27,28). The van der Waals surface area contributed by atoms with Gasteiger partial charge in [0.1, 0.15) is 17.2 Å². The lowest BCUT2D eigenvalue weighted by molar-refractivity contribution is 0.122. The molecule has 0 radical (unpaired) electrons. The van der Waals surface area contributed by atoms with Crippen LogP contribution in [0.4, 0.5) is 17.7 Å². The van der Waals surface area contributed by atoms with E-state index >= 15 is 0 Å². The highest BCUT2D eigenvalue weighted by Crippen LogP contribution is 2.30. The minimum absolute atomic E-state index is 0.134. The summed E-state index contributed by atoms with van der Waals surface area (Å²) in [6, 6.07) is 6.05. The highest BCUT2D eigenvalue weighted by atomic mass is 16.5. The summed E-state index contributed by atoms with van der Waals surface area (Å²) < 4.78 is 10.9. The highest BCUT2D eigenvalue weighted by Gasteiger charge is 2.23. The van der Waals surface area contributed by atoms with E-state index < -0.39 is 0 Å². The first-order valence-electron chi connectivity index (χ1n) is 10.6. The Morgan fingerprint density at radius 1 is 1.16 bits per heavy atom. The van der Waals surface area contributed by atoms with Crippen LogP contribution in [0.1, 0.15) is 18.4 Å². The Morgan fingerprint density at radius 3 is 2.74 bits per heavy atom. The number of oxazole rings is 1. The molecule has 2 saturated heterocycles. The molecule has 4 heterocycles. The number of nitrogens with two attached hydrogens (primary N) is 1. The molecule has 0 amide bonds. The van der Waals surface area contributed by atoms with Crippen molar-refractivity contribution in [1.29, 1.82) is 5.41 Å².